The molecule has 3 heterocycles. The van der Waals surface area contributed by atoms with Crippen LogP contribution in [-0.4, -0.2) is 38.0 Å². The first kappa shape index (κ1) is 20.3. The fourth-order valence-electron chi connectivity index (χ4n) is 3.16. The third-order valence-corrected chi connectivity index (χ3v) is 4.69. The fraction of sp³-hybridized carbons (Fsp3) is 0.167. The Morgan fingerprint density at radius 2 is 1.58 bits per heavy atom. The Kier molecular flexibility index (Phi) is 6.03. The van der Waals surface area contributed by atoms with Crippen molar-refractivity contribution in [2.24, 2.45) is 0 Å². The fourth-order valence-corrected chi connectivity index (χ4v) is 3.16. The summed E-state index contributed by atoms with van der Waals surface area (Å²) in [7, 11) is 1.37. The number of ether oxygens (including phenoxy) is 1. The molecule has 0 atom stereocenters. The van der Waals surface area contributed by atoms with E-state index >= 15 is 0 Å². The summed E-state index contributed by atoms with van der Waals surface area (Å²) in [4.78, 5) is 34.1. The second-order valence-corrected chi connectivity index (χ2v) is 7.04. The standard InChI is InChI=1S/C24H21N5O2/c1-16-4-3-5-21(27-16)23-26-13-11-20(29-23)15-19-10-12-25-22(28-19)14-17-6-8-18(9-7-17)24(30)31-2/h3-13H,14-15H2,1-2H3. The van der Waals surface area contributed by atoms with Crippen LogP contribution < -0.4 is 0 Å². The van der Waals surface area contributed by atoms with Crippen molar-refractivity contribution in [3.63, 3.8) is 0 Å². The van der Waals surface area contributed by atoms with Crippen LogP contribution in [0.5, 0.6) is 0 Å². The molecule has 0 bridgehead atoms. The number of rotatable bonds is 6. The van der Waals surface area contributed by atoms with Crippen molar-refractivity contribution in [2.75, 3.05) is 7.11 Å². The molecule has 7 nitrogen and oxygen atoms in total. The van der Waals surface area contributed by atoms with E-state index < -0.39 is 0 Å². The molecular weight excluding hydrogens is 390 g/mol. The van der Waals surface area contributed by atoms with E-state index in [-0.39, 0.29) is 5.97 Å². The lowest BCUT2D eigenvalue weighted by atomic mass is 10.1. The van der Waals surface area contributed by atoms with Crippen LogP contribution in [0, 0.1) is 6.92 Å². The summed E-state index contributed by atoms with van der Waals surface area (Å²) < 4.78 is 4.73. The zero-order chi connectivity index (χ0) is 21.6. The SMILES string of the molecule is COC(=O)c1ccc(Cc2nccc(Cc3ccnc(-c4cccc(C)n4)n3)n2)cc1. The largest absolute Gasteiger partial charge is 0.465 e. The Hall–Kier alpha value is -4.00. The average Bonchev–Trinajstić information content (AvgIpc) is 2.79. The molecule has 7 heteroatoms. The van der Waals surface area contributed by atoms with E-state index in [0.29, 0.717) is 30.1 Å². The third-order valence-electron chi connectivity index (χ3n) is 4.69. The number of pyridine rings is 1. The summed E-state index contributed by atoms with van der Waals surface area (Å²) in [5.41, 5.74) is 4.94. The molecule has 3 aromatic heterocycles. The van der Waals surface area contributed by atoms with Gasteiger partial charge in [0, 0.05) is 30.9 Å². The van der Waals surface area contributed by atoms with E-state index in [1.807, 2.05) is 49.4 Å². The molecule has 0 saturated heterocycles. The molecule has 0 aliphatic heterocycles. The molecule has 0 N–H and O–H groups in total. The lowest BCUT2D eigenvalue weighted by Gasteiger charge is -2.06. The Balaban J connectivity index is 1.49. The van der Waals surface area contributed by atoms with Crippen LogP contribution in [0.4, 0.5) is 0 Å². The van der Waals surface area contributed by atoms with E-state index in [1.54, 1.807) is 24.5 Å². The number of carbonyl (C=O) groups excluding carboxylic acids is 1. The molecule has 0 spiro atoms. The van der Waals surface area contributed by atoms with Gasteiger partial charge in [-0.1, -0.05) is 18.2 Å². The zero-order valence-corrected chi connectivity index (χ0v) is 17.3. The van der Waals surface area contributed by atoms with Gasteiger partial charge in [0.15, 0.2) is 5.82 Å². The number of hydrogen-bond donors (Lipinski definition) is 0. The number of hydrogen-bond acceptors (Lipinski definition) is 7. The topological polar surface area (TPSA) is 90.8 Å². The molecule has 0 unspecified atom stereocenters. The van der Waals surface area contributed by atoms with Gasteiger partial charge in [-0.05, 0) is 48.9 Å². The smallest absolute Gasteiger partial charge is 0.337 e. The van der Waals surface area contributed by atoms with Gasteiger partial charge >= 0.3 is 5.97 Å². The van der Waals surface area contributed by atoms with Crippen molar-refractivity contribution in [2.45, 2.75) is 19.8 Å². The average molecular weight is 411 g/mol. The third kappa shape index (κ3) is 5.14. The maximum atomic E-state index is 11.6. The highest BCUT2D eigenvalue weighted by atomic mass is 16.5. The quantitative estimate of drug-likeness (QED) is 0.448. The second kappa shape index (κ2) is 9.21. The Labute approximate surface area is 180 Å². The van der Waals surface area contributed by atoms with E-state index in [0.717, 1.165) is 28.3 Å². The summed E-state index contributed by atoms with van der Waals surface area (Å²) in [6.07, 6.45) is 4.63. The molecule has 0 amide bonds. The number of esters is 1. The predicted molar refractivity (Wildman–Crippen MR) is 115 cm³/mol. The summed E-state index contributed by atoms with van der Waals surface area (Å²) in [5.74, 6) is 0.953. The number of benzene rings is 1. The van der Waals surface area contributed by atoms with E-state index in [4.69, 9.17) is 4.74 Å². The summed E-state index contributed by atoms with van der Waals surface area (Å²) in [6.45, 7) is 1.94. The number of carbonyl (C=O) groups is 1. The van der Waals surface area contributed by atoms with E-state index in [9.17, 15) is 4.79 Å². The van der Waals surface area contributed by atoms with Crippen LogP contribution >= 0.6 is 0 Å². The molecule has 0 fully saturated rings. The van der Waals surface area contributed by atoms with Crippen LogP contribution in [-0.2, 0) is 17.6 Å². The van der Waals surface area contributed by atoms with Gasteiger partial charge in [0.1, 0.15) is 11.5 Å². The van der Waals surface area contributed by atoms with Gasteiger partial charge in [-0.3, -0.25) is 0 Å². The summed E-state index contributed by atoms with van der Waals surface area (Å²) in [6, 6.07) is 16.8. The van der Waals surface area contributed by atoms with Gasteiger partial charge in [0.25, 0.3) is 0 Å². The highest BCUT2D eigenvalue weighted by Gasteiger charge is 2.09. The summed E-state index contributed by atoms with van der Waals surface area (Å²) in [5, 5.41) is 0. The second-order valence-electron chi connectivity index (χ2n) is 7.04. The lowest BCUT2D eigenvalue weighted by Crippen LogP contribution is -2.04. The minimum Gasteiger partial charge on any atom is -0.465 e. The van der Waals surface area contributed by atoms with Crippen LogP contribution in [0.15, 0.2) is 67.0 Å². The Bertz CT molecular complexity index is 1210. The van der Waals surface area contributed by atoms with Crippen molar-refractivity contribution >= 4 is 5.97 Å². The van der Waals surface area contributed by atoms with Gasteiger partial charge in [0.05, 0.1) is 24.1 Å². The minimum atomic E-state index is -0.352. The van der Waals surface area contributed by atoms with Crippen molar-refractivity contribution in [3.8, 4) is 11.5 Å². The lowest BCUT2D eigenvalue weighted by molar-refractivity contribution is 0.0600. The Morgan fingerprint density at radius 3 is 2.32 bits per heavy atom. The van der Waals surface area contributed by atoms with Gasteiger partial charge in [-0.15, -0.1) is 0 Å². The molecule has 1 aromatic carbocycles. The van der Waals surface area contributed by atoms with Gasteiger partial charge in [0.2, 0.25) is 0 Å². The molecule has 4 aromatic rings. The highest BCUT2D eigenvalue weighted by Crippen LogP contribution is 2.14. The van der Waals surface area contributed by atoms with E-state index in [2.05, 4.69) is 24.9 Å². The molecule has 154 valence electrons. The van der Waals surface area contributed by atoms with Crippen molar-refractivity contribution < 1.29 is 9.53 Å². The number of aryl methyl sites for hydroxylation is 1. The normalized spacial score (nSPS) is 10.6. The van der Waals surface area contributed by atoms with Crippen LogP contribution in [0.3, 0.4) is 0 Å². The maximum Gasteiger partial charge on any atom is 0.337 e. The van der Waals surface area contributed by atoms with Crippen molar-refractivity contribution in [1.82, 2.24) is 24.9 Å². The molecule has 0 aliphatic rings. The Morgan fingerprint density at radius 1 is 0.839 bits per heavy atom. The van der Waals surface area contributed by atoms with Crippen LogP contribution in [0.2, 0.25) is 0 Å². The zero-order valence-electron chi connectivity index (χ0n) is 17.3. The van der Waals surface area contributed by atoms with Crippen molar-refractivity contribution in [3.05, 3.63) is 101 Å². The molecule has 0 radical (unpaired) electrons. The minimum absolute atomic E-state index is 0.352. The van der Waals surface area contributed by atoms with Gasteiger partial charge in [-0.25, -0.2) is 29.7 Å². The van der Waals surface area contributed by atoms with Crippen LogP contribution in [0.1, 0.15) is 38.8 Å². The summed E-state index contributed by atoms with van der Waals surface area (Å²) >= 11 is 0. The first-order chi connectivity index (χ1) is 15.1. The predicted octanol–water partition coefficient (Wildman–Crippen LogP) is 3.61. The van der Waals surface area contributed by atoms with Gasteiger partial charge in [-0.2, -0.15) is 0 Å². The molecule has 0 aliphatic carbocycles. The van der Waals surface area contributed by atoms with E-state index in [1.165, 1.54) is 7.11 Å². The first-order valence-electron chi connectivity index (χ1n) is 9.85. The molecular formula is C24H21N5O2. The molecule has 31 heavy (non-hydrogen) atoms. The van der Waals surface area contributed by atoms with Crippen LogP contribution in [0.25, 0.3) is 11.5 Å². The number of aromatic nitrogens is 5. The monoisotopic (exact) mass is 411 g/mol. The highest BCUT2D eigenvalue weighted by molar-refractivity contribution is 5.89. The molecule has 0 saturated carbocycles. The van der Waals surface area contributed by atoms with Crippen molar-refractivity contribution in [1.29, 1.82) is 0 Å². The number of nitrogens with zero attached hydrogens (tertiary/aromatic N) is 5. The number of methoxy groups -OCH3 is 1. The maximum absolute atomic E-state index is 11.6. The molecule has 4 rings (SSSR count). The van der Waals surface area contributed by atoms with Gasteiger partial charge < -0.3 is 4.74 Å². The first-order valence-corrected chi connectivity index (χ1v) is 9.85.